The zero-order valence-electron chi connectivity index (χ0n) is 12.9. The number of carbonyl (C=O) groups is 1. The maximum atomic E-state index is 13.2. The van der Waals surface area contributed by atoms with E-state index in [4.69, 9.17) is 9.84 Å². The summed E-state index contributed by atoms with van der Waals surface area (Å²) in [5, 5.41) is 14.3. The van der Waals surface area contributed by atoms with Crippen LogP contribution < -0.4 is 0 Å². The van der Waals surface area contributed by atoms with Gasteiger partial charge in [-0.1, -0.05) is 6.07 Å². The van der Waals surface area contributed by atoms with E-state index in [9.17, 15) is 18.0 Å². The van der Waals surface area contributed by atoms with Crippen LogP contribution in [-0.2, 0) is 10.9 Å². The second kappa shape index (κ2) is 6.08. The lowest BCUT2D eigenvalue weighted by Gasteiger charge is -2.21. The Morgan fingerprint density at radius 1 is 1.32 bits per heavy atom. The molecule has 1 aliphatic rings. The SMILES string of the molecule is CN1N=C(c2cccc(C(=O)O)c2)OC1c1cnccc1C(F)(F)F. The Labute approximate surface area is 140 Å². The molecule has 1 aromatic heterocycles. The number of halogens is 3. The lowest BCUT2D eigenvalue weighted by molar-refractivity contribution is -0.139. The van der Waals surface area contributed by atoms with Crippen LogP contribution in [0.15, 0.2) is 47.8 Å². The first kappa shape index (κ1) is 16.7. The molecule has 6 nitrogen and oxygen atoms in total. The first-order valence-electron chi connectivity index (χ1n) is 7.10. The summed E-state index contributed by atoms with van der Waals surface area (Å²) in [6.07, 6.45) is -3.54. The van der Waals surface area contributed by atoms with Crippen molar-refractivity contribution >= 4 is 11.9 Å². The molecule has 0 aliphatic carbocycles. The molecule has 0 spiro atoms. The highest BCUT2D eigenvalue weighted by molar-refractivity contribution is 5.97. The van der Waals surface area contributed by atoms with Gasteiger partial charge in [0.05, 0.1) is 11.1 Å². The monoisotopic (exact) mass is 351 g/mol. The van der Waals surface area contributed by atoms with Gasteiger partial charge in [0.2, 0.25) is 12.1 Å². The number of hydrazone groups is 1. The van der Waals surface area contributed by atoms with Crippen LogP contribution in [0.1, 0.15) is 33.3 Å². The van der Waals surface area contributed by atoms with Gasteiger partial charge in [-0.25, -0.2) is 4.79 Å². The van der Waals surface area contributed by atoms with Crippen LogP contribution >= 0.6 is 0 Å². The van der Waals surface area contributed by atoms with Crippen LogP contribution in [0.3, 0.4) is 0 Å². The van der Waals surface area contributed by atoms with Crippen LogP contribution in [0.25, 0.3) is 0 Å². The predicted molar refractivity (Wildman–Crippen MR) is 80.8 cm³/mol. The molecule has 1 aromatic carbocycles. The van der Waals surface area contributed by atoms with E-state index in [1.54, 1.807) is 6.07 Å². The van der Waals surface area contributed by atoms with E-state index < -0.39 is 23.9 Å². The van der Waals surface area contributed by atoms with Crippen molar-refractivity contribution in [1.29, 1.82) is 0 Å². The van der Waals surface area contributed by atoms with Gasteiger partial charge >= 0.3 is 12.1 Å². The first-order chi connectivity index (χ1) is 11.8. The van der Waals surface area contributed by atoms with E-state index in [0.29, 0.717) is 5.56 Å². The summed E-state index contributed by atoms with van der Waals surface area (Å²) in [4.78, 5) is 14.8. The van der Waals surface area contributed by atoms with Crippen molar-refractivity contribution < 1.29 is 27.8 Å². The van der Waals surface area contributed by atoms with Gasteiger partial charge in [-0.3, -0.25) is 9.99 Å². The van der Waals surface area contributed by atoms with E-state index in [1.807, 2.05) is 0 Å². The molecule has 1 atom stereocenters. The van der Waals surface area contributed by atoms with E-state index in [-0.39, 0.29) is 17.0 Å². The smallest absolute Gasteiger partial charge is 0.417 e. The molecule has 25 heavy (non-hydrogen) atoms. The van der Waals surface area contributed by atoms with Crippen molar-refractivity contribution in [1.82, 2.24) is 9.99 Å². The molecule has 1 N–H and O–H groups in total. The molecule has 2 aromatic rings. The summed E-state index contributed by atoms with van der Waals surface area (Å²) >= 11 is 0. The minimum Gasteiger partial charge on any atom is -0.478 e. The normalized spacial score (nSPS) is 17.2. The van der Waals surface area contributed by atoms with Gasteiger partial charge in [0.15, 0.2) is 0 Å². The summed E-state index contributed by atoms with van der Waals surface area (Å²) in [6.45, 7) is 0. The summed E-state index contributed by atoms with van der Waals surface area (Å²) in [6, 6.07) is 6.67. The van der Waals surface area contributed by atoms with Crippen LogP contribution in [-0.4, -0.2) is 34.0 Å². The quantitative estimate of drug-likeness (QED) is 0.920. The molecule has 0 radical (unpaired) electrons. The number of aromatic carboxylic acids is 1. The van der Waals surface area contributed by atoms with Crippen molar-refractivity contribution in [2.24, 2.45) is 5.10 Å². The molecule has 0 saturated carbocycles. The Bertz CT molecular complexity index is 852. The Kier molecular flexibility index (Phi) is 4.07. The minimum atomic E-state index is -4.56. The molecule has 0 saturated heterocycles. The molecule has 0 amide bonds. The Morgan fingerprint density at radius 2 is 2.08 bits per heavy atom. The summed E-state index contributed by atoms with van der Waals surface area (Å²) in [5.74, 6) is -1.09. The first-order valence-corrected chi connectivity index (χ1v) is 7.10. The van der Waals surface area contributed by atoms with Gasteiger partial charge < -0.3 is 9.84 Å². The summed E-state index contributed by atoms with van der Waals surface area (Å²) in [7, 11) is 1.46. The number of hydrogen-bond acceptors (Lipinski definition) is 5. The number of hydrogen-bond donors (Lipinski definition) is 1. The number of ether oxygens (including phenoxy) is 1. The van der Waals surface area contributed by atoms with Crippen LogP contribution in [0.4, 0.5) is 13.2 Å². The molecular weight excluding hydrogens is 339 g/mol. The number of rotatable bonds is 3. The molecule has 0 bridgehead atoms. The number of aromatic nitrogens is 1. The fourth-order valence-corrected chi connectivity index (χ4v) is 2.44. The number of carboxylic acid groups (broad SMARTS) is 1. The number of benzene rings is 1. The Balaban J connectivity index is 1.93. The molecule has 9 heteroatoms. The van der Waals surface area contributed by atoms with Crippen molar-refractivity contribution in [2.75, 3.05) is 7.05 Å². The zero-order chi connectivity index (χ0) is 18.2. The maximum Gasteiger partial charge on any atom is 0.417 e. The number of alkyl halides is 3. The third kappa shape index (κ3) is 3.25. The van der Waals surface area contributed by atoms with E-state index in [0.717, 1.165) is 18.5 Å². The van der Waals surface area contributed by atoms with Gasteiger partial charge in [0.25, 0.3) is 0 Å². The second-order valence-corrected chi connectivity index (χ2v) is 5.30. The third-order valence-corrected chi connectivity index (χ3v) is 3.59. The highest BCUT2D eigenvalue weighted by Crippen LogP contribution is 2.38. The summed E-state index contributed by atoms with van der Waals surface area (Å²) in [5.41, 5.74) is -0.667. The zero-order valence-corrected chi connectivity index (χ0v) is 12.9. The standard InChI is InChI=1S/C16H12F3N3O3/c1-22-14(11-8-20-6-5-12(11)16(17,18)19)25-13(21-22)9-3-2-4-10(7-9)15(23)24/h2-8,14H,1H3,(H,23,24). The fraction of sp³-hybridized carbons (Fsp3) is 0.188. The van der Waals surface area contributed by atoms with Crippen molar-refractivity contribution in [2.45, 2.75) is 12.4 Å². The molecular formula is C16H12F3N3O3. The molecule has 0 fully saturated rings. The van der Waals surface area contributed by atoms with E-state index >= 15 is 0 Å². The molecule has 1 aliphatic heterocycles. The van der Waals surface area contributed by atoms with Crippen LogP contribution in [0.5, 0.6) is 0 Å². The van der Waals surface area contributed by atoms with Crippen molar-refractivity contribution in [3.05, 3.63) is 65.0 Å². The molecule has 130 valence electrons. The van der Waals surface area contributed by atoms with E-state index in [2.05, 4.69) is 10.1 Å². The van der Waals surface area contributed by atoms with Gasteiger partial charge in [0.1, 0.15) is 0 Å². The topological polar surface area (TPSA) is 75.0 Å². The fourth-order valence-electron chi connectivity index (χ4n) is 2.44. The highest BCUT2D eigenvalue weighted by Gasteiger charge is 2.39. The highest BCUT2D eigenvalue weighted by atomic mass is 19.4. The van der Waals surface area contributed by atoms with Gasteiger partial charge in [-0.15, -0.1) is 5.10 Å². The molecule has 2 heterocycles. The lowest BCUT2D eigenvalue weighted by Crippen LogP contribution is -2.21. The number of nitrogens with zero attached hydrogens (tertiary/aromatic N) is 3. The summed E-state index contributed by atoms with van der Waals surface area (Å²) < 4.78 is 45.1. The van der Waals surface area contributed by atoms with E-state index in [1.165, 1.54) is 30.3 Å². The average molecular weight is 351 g/mol. The minimum absolute atomic E-state index is 0.0206. The molecule has 1 unspecified atom stereocenters. The predicted octanol–water partition coefficient (Wildman–Crippen LogP) is 3.12. The Morgan fingerprint density at radius 3 is 2.76 bits per heavy atom. The Hall–Kier alpha value is -3.10. The third-order valence-electron chi connectivity index (χ3n) is 3.59. The second-order valence-electron chi connectivity index (χ2n) is 5.30. The van der Waals surface area contributed by atoms with Crippen molar-refractivity contribution in [3.8, 4) is 0 Å². The lowest BCUT2D eigenvalue weighted by atomic mass is 10.1. The number of pyridine rings is 1. The van der Waals surface area contributed by atoms with Crippen LogP contribution in [0.2, 0.25) is 0 Å². The van der Waals surface area contributed by atoms with Crippen molar-refractivity contribution in [3.63, 3.8) is 0 Å². The van der Waals surface area contributed by atoms with Gasteiger partial charge in [0, 0.05) is 30.6 Å². The largest absolute Gasteiger partial charge is 0.478 e. The van der Waals surface area contributed by atoms with Gasteiger partial charge in [-0.2, -0.15) is 13.2 Å². The van der Waals surface area contributed by atoms with Gasteiger partial charge in [-0.05, 0) is 24.3 Å². The van der Waals surface area contributed by atoms with Crippen LogP contribution in [0, 0.1) is 0 Å². The maximum absolute atomic E-state index is 13.2. The molecule has 3 rings (SSSR count). The number of carboxylic acids is 1. The average Bonchev–Trinajstić information content (AvgIpc) is 2.96.